The summed E-state index contributed by atoms with van der Waals surface area (Å²) in [6.45, 7) is 0.0652. The van der Waals surface area contributed by atoms with Crippen LogP contribution >= 0.6 is 34.4 Å². The quantitative estimate of drug-likeness (QED) is 0.299. The molecule has 24 heavy (non-hydrogen) atoms. The van der Waals surface area contributed by atoms with E-state index in [1.807, 2.05) is 22.6 Å². The van der Waals surface area contributed by atoms with Crippen molar-refractivity contribution >= 4 is 57.3 Å². The lowest BCUT2D eigenvalue weighted by Gasteiger charge is -2.12. The van der Waals surface area contributed by atoms with Crippen LogP contribution in [0.1, 0.15) is 11.3 Å². The van der Waals surface area contributed by atoms with Crippen LogP contribution in [0.2, 0.25) is 0 Å². The maximum atomic E-state index is 12.4. The number of hydrogen-bond donors (Lipinski definition) is 0. The van der Waals surface area contributed by atoms with E-state index in [9.17, 15) is 19.7 Å². The molecule has 1 aliphatic rings. The molecule has 122 valence electrons. The predicted octanol–water partition coefficient (Wildman–Crippen LogP) is 4.03. The number of rotatable bonds is 4. The lowest BCUT2D eigenvalue weighted by molar-refractivity contribution is -0.384. The molecule has 0 N–H and O–H groups in total. The largest absolute Gasteiger partial charge is 0.451 e. The third-order valence-corrected chi connectivity index (χ3v) is 4.72. The second-order valence-electron chi connectivity index (χ2n) is 4.83. The summed E-state index contributed by atoms with van der Waals surface area (Å²) in [5, 5.41) is 10.3. The van der Waals surface area contributed by atoms with Crippen molar-refractivity contribution < 1.29 is 18.9 Å². The third kappa shape index (κ3) is 3.51. The smallest absolute Gasteiger partial charge is 0.293 e. The molecule has 1 aromatic carbocycles. The summed E-state index contributed by atoms with van der Waals surface area (Å²) in [4.78, 5) is 36.0. The van der Waals surface area contributed by atoms with Crippen LogP contribution in [0.15, 0.2) is 45.7 Å². The molecule has 1 aromatic heterocycles. The molecule has 1 aliphatic heterocycles. The number of amides is 2. The Balaban J connectivity index is 1.77. The van der Waals surface area contributed by atoms with E-state index in [1.54, 1.807) is 12.1 Å². The minimum absolute atomic E-state index is 0.0415. The number of benzene rings is 1. The van der Waals surface area contributed by atoms with Crippen LogP contribution in [0.5, 0.6) is 0 Å². The number of carbonyl (C=O) groups excluding carboxylic acids is 2. The molecule has 0 radical (unpaired) electrons. The lowest BCUT2D eigenvalue weighted by atomic mass is 10.2. The molecule has 7 nitrogen and oxygen atoms in total. The highest BCUT2D eigenvalue weighted by Crippen LogP contribution is 2.33. The first kappa shape index (κ1) is 16.7. The van der Waals surface area contributed by atoms with Crippen molar-refractivity contribution in [3.8, 4) is 0 Å². The highest BCUT2D eigenvalue weighted by molar-refractivity contribution is 14.1. The molecule has 2 amide bonds. The van der Waals surface area contributed by atoms with E-state index in [1.165, 1.54) is 30.3 Å². The van der Waals surface area contributed by atoms with Crippen molar-refractivity contribution in [3.05, 3.63) is 66.5 Å². The van der Waals surface area contributed by atoms with Crippen molar-refractivity contribution in [2.45, 2.75) is 6.54 Å². The van der Waals surface area contributed by atoms with Gasteiger partial charge in [-0.3, -0.25) is 24.6 Å². The first-order valence-corrected chi connectivity index (χ1v) is 8.57. The maximum Gasteiger partial charge on any atom is 0.293 e. The van der Waals surface area contributed by atoms with E-state index < -0.39 is 10.8 Å². The number of nitrogens with zero attached hydrogens (tertiary/aromatic N) is 2. The second kappa shape index (κ2) is 6.77. The van der Waals surface area contributed by atoms with Crippen molar-refractivity contribution in [3.63, 3.8) is 0 Å². The number of imide groups is 1. The summed E-state index contributed by atoms with van der Waals surface area (Å²) in [5.74, 6) is 0.0926. The molecule has 0 bridgehead atoms. The van der Waals surface area contributed by atoms with E-state index in [2.05, 4.69) is 0 Å². The van der Waals surface area contributed by atoms with Gasteiger partial charge in [-0.05, 0) is 52.0 Å². The number of nitro benzene ring substituents is 1. The van der Waals surface area contributed by atoms with Gasteiger partial charge in [0.05, 0.1) is 16.4 Å². The van der Waals surface area contributed by atoms with Gasteiger partial charge in [-0.2, -0.15) is 0 Å². The fraction of sp³-hybridized carbons (Fsp3) is 0.0667. The number of non-ortho nitro benzene ring substituents is 1. The van der Waals surface area contributed by atoms with Gasteiger partial charge >= 0.3 is 0 Å². The lowest BCUT2D eigenvalue weighted by Crippen LogP contribution is -2.27. The number of carbonyl (C=O) groups is 2. The van der Waals surface area contributed by atoms with Gasteiger partial charge in [0, 0.05) is 18.2 Å². The molecule has 0 atom stereocenters. The SMILES string of the molecule is O=C1SC(=Cc2ccc(I)o2)C(=O)N1Cc1ccc([N+](=O)[O-])cc1. The number of hydrogen-bond acceptors (Lipinski definition) is 6. The molecule has 1 fully saturated rings. The van der Waals surface area contributed by atoms with Gasteiger partial charge in [0.1, 0.15) is 5.76 Å². The zero-order valence-corrected chi connectivity index (χ0v) is 14.9. The number of thioether (sulfide) groups is 1. The van der Waals surface area contributed by atoms with Crippen LogP contribution in [0, 0.1) is 13.9 Å². The van der Waals surface area contributed by atoms with Gasteiger partial charge in [0.25, 0.3) is 16.8 Å². The van der Waals surface area contributed by atoms with Crippen molar-refractivity contribution in [2.75, 3.05) is 0 Å². The molecule has 0 unspecified atom stereocenters. The Morgan fingerprint density at radius 2 is 1.92 bits per heavy atom. The number of halogens is 1. The van der Waals surface area contributed by atoms with E-state index in [4.69, 9.17) is 4.42 Å². The summed E-state index contributed by atoms with van der Waals surface area (Å²) in [6, 6.07) is 9.21. The monoisotopic (exact) mass is 456 g/mol. The average Bonchev–Trinajstić information content (AvgIpc) is 3.06. The number of nitro groups is 1. The van der Waals surface area contributed by atoms with Gasteiger partial charge in [-0.25, -0.2) is 0 Å². The Hall–Kier alpha value is -2.14. The van der Waals surface area contributed by atoms with Crippen LogP contribution in [-0.4, -0.2) is 21.0 Å². The predicted molar refractivity (Wildman–Crippen MR) is 96.0 cm³/mol. The van der Waals surface area contributed by atoms with Crippen molar-refractivity contribution in [1.29, 1.82) is 0 Å². The van der Waals surface area contributed by atoms with E-state index in [-0.39, 0.29) is 22.4 Å². The Bertz CT molecular complexity index is 859. The molecule has 0 aliphatic carbocycles. The van der Waals surface area contributed by atoms with Crippen LogP contribution in [-0.2, 0) is 11.3 Å². The molecule has 0 saturated carbocycles. The standard InChI is InChI=1S/C15H9IN2O5S/c16-13-6-5-11(23-13)7-12-14(19)17(15(20)24-12)8-9-1-3-10(4-2-9)18(21)22/h1-7H,8H2. The van der Waals surface area contributed by atoms with E-state index in [0.717, 1.165) is 16.7 Å². The molecule has 9 heteroatoms. The Morgan fingerprint density at radius 1 is 1.21 bits per heavy atom. The van der Waals surface area contributed by atoms with Crippen LogP contribution in [0.4, 0.5) is 10.5 Å². The zero-order valence-electron chi connectivity index (χ0n) is 12.0. The minimum atomic E-state index is -0.503. The topological polar surface area (TPSA) is 93.7 Å². The summed E-state index contributed by atoms with van der Waals surface area (Å²) in [7, 11) is 0. The average molecular weight is 456 g/mol. The molecule has 1 saturated heterocycles. The van der Waals surface area contributed by atoms with Crippen LogP contribution in [0.25, 0.3) is 6.08 Å². The highest BCUT2D eigenvalue weighted by Gasteiger charge is 2.35. The summed E-state index contributed by atoms with van der Waals surface area (Å²) in [5.41, 5.74) is 0.594. The Labute approximate surface area is 154 Å². The Kier molecular flexibility index (Phi) is 4.71. The maximum absolute atomic E-state index is 12.4. The van der Waals surface area contributed by atoms with Gasteiger partial charge in [0.2, 0.25) is 0 Å². The van der Waals surface area contributed by atoms with Crippen LogP contribution < -0.4 is 0 Å². The summed E-state index contributed by atoms with van der Waals surface area (Å²) in [6.07, 6.45) is 1.53. The first-order valence-electron chi connectivity index (χ1n) is 6.68. The fourth-order valence-electron chi connectivity index (χ4n) is 2.08. The molecular formula is C15H9IN2O5S. The molecular weight excluding hydrogens is 447 g/mol. The van der Waals surface area contributed by atoms with Crippen molar-refractivity contribution in [1.82, 2.24) is 4.90 Å². The summed E-state index contributed by atoms with van der Waals surface area (Å²) >= 11 is 2.85. The Morgan fingerprint density at radius 3 is 2.50 bits per heavy atom. The number of furan rings is 1. The normalized spacial score (nSPS) is 16.2. The third-order valence-electron chi connectivity index (χ3n) is 3.23. The van der Waals surface area contributed by atoms with Gasteiger partial charge in [0.15, 0.2) is 3.77 Å². The summed E-state index contributed by atoms with van der Waals surface area (Å²) < 4.78 is 6.05. The van der Waals surface area contributed by atoms with E-state index >= 15 is 0 Å². The highest BCUT2D eigenvalue weighted by atomic mass is 127. The van der Waals surface area contributed by atoms with Crippen molar-refractivity contribution in [2.24, 2.45) is 0 Å². The van der Waals surface area contributed by atoms with Gasteiger partial charge < -0.3 is 4.42 Å². The molecule has 3 rings (SSSR count). The first-order chi connectivity index (χ1) is 11.4. The van der Waals surface area contributed by atoms with Gasteiger partial charge in [-0.15, -0.1) is 0 Å². The minimum Gasteiger partial charge on any atom is -0.451 e. The van der Waals surface area contributed by atoms with Crippen LogP contribution in [0.3, 0.4) is 0 Å². The van der Waals surface area contributed by atoms with E-state index in [0.29, 0.717) is 15.1 Å². The molecule has 2 heterocycles. The second-order valence-corrected chi connectivity index (χ2v) is 6.89. The van der Waals surface area contributed by atoms with Gasteiger partial charge in [-0.1, -0.05) is 12.1 Å². The molecule has 2 aromatic rings. The fourth-order valence-corrected chi connectivity index (χ4v) is 3.33. The zero-order chi connectivity index (χ0) is 17.3. The molecule has 0 spiro atoms.